The van der Waals surface area contributed by atoms with Gasteiger partial charge in [0.15, 0.2) is 0 Å². The van der Waals surface area contributed by atoms with Crippen LogP contribution in [-0.4, -0.2) is 46.3 Å². The van der Waals surface area contributed by atoms with E-state index in [0.29, 0.717) is 33.5 Å². The molecule has 1 heterocycles. The molecule has 2 aromatic rings. The normalized spacial score (nSPS) is 21.8. The average Bonchev–Trinajstić information content (AvgIpc) is 3.31. The topological polar surface area (TPSA) is 82.0 Å². The number of nitrogens with one attached hydrogen (secondary N) is 1. The zero-order valence-corrected chi connectivity index (χ0v) is 26.9. The summed E-state index contributed by atoms with van der Waals surface area (Å²) in [7, 11) is 0. The largest absolute Gasteiger partial charge is 0.481 e. The van der Waals surface area contributed by atoms with Gasteiger partial charge in [-0.1, -0.05) is 82.3 Å². The Kier molecular flexibility index (Phi) is 10.8. The Morgan fingerprint density at radius 3 is 2.31 bits per heavy atom. The van der Waals surface area contributed by atoms with E-state index in [-0.39, 0.29) is 30.6 Å². The molecule has 0 radical (unpaired) electrons. The summed E-state index contributed by atoms with van der Waals surface area (Å²) >= 11 is 12.9. The third-order valence-corrected chi connectivity index (χ3v) is 10.0. The van der Waals surface area contributed by atoms with Crippen molar-refractivity contribution in [1.29, 1.82) is 0 Å². The minimum atomic E-state index is -0.933. The molecule has 1 amide bonds. The number of halogens is 2. The van der Waals surface area contributed by atoms with Crippen LogP contribution in [0, 0.1) is 11.3 Å². The Hall–Kier alpha value is -2.41. The fraction of sp³-hybridized carbons (Fsp3) is 0.559. The van der Waals surface area contributed by atoms with Crippen molar-refractivity contribution in [3.05, 3.63) is 69.2 Å². The Labute approximate surface area is 260 Å². The van der Waals surface area contributed by atoms with Crippen LogP contribution in [0.4, 0.5) is 0 Å². The van der Waals surface area contributed by atoms with Crippen LogP contribution in [0.1, 0.15) is 113 Å². The molecule has 1 aliphatic heterocycles. The summed E-state index contributed by atoms with van der Waals surface area (Å²) in [5.74, 6) is -0.522. The highest BCUT2D eigenvalue weighted by atomic mass is 35.5. The first-order chi connectivity index (χ1) is 20.0. The number of carbonyl (C=O) groups is 2. The van der Waals surface area contributed by atoms with Gasteiger partial charge in [0.05, 0.1) is 12.1 Å². The molecule has 1 saturated carbocycles. The Bertz CT molecular complexity index is 1260. The van der Waals surface area contributed by atoms with Crippen LogP contribution in [0.5, 0.6) is 0 Å². The highest BCUT2D eigenvalue weighted by molar-refractivity contribution is 6.35. The third kappa shape index (κ3) is 7.56. The molecule has 228 valence electrons. The van der Waals surface area contributed by atoms with Crippen molar-refractivity contribution in [2.45, 2.75) is 97.2 Å². The maximum Gasteiger partial charge on any atom is 0.305 e. The molecule has 6 nitrogen and oxygen atoms in total. The molecule has 4 rings (SSSR count). The maximum absolute atomic E-state index is 12.6. The standard InChI is InChI=1S/C34H45Cl2N3O3/c1-5-7-8-30(23-9-11-24(12-10-23)32(42)37-18-15-31(40)41)39-22-29(25-19-27(35)21-28(36)20-25)38-34(39)16-13-26(14-17-34)33(3,4)6-2/h9-12,19-21,26,30H,5-8,13-18,22H2,1-4H3,(H,37,42)(H,40,41). The molecule has 0 bridgehead atoms. The monoisotopic (exact) mass is 613 g/mol. The van der Waals surface area contributed by atoms with Gasteiger partial charge in [0.25, 0.3) is 5.91 Å². The van der Waals surface area contributed by atoms with E-state index in [4.69, 9.17) is 33.3 Å². The molecule has 2 aliphatic rings. The summed E-state index contributed by atoms with van der Waals surface area (Å²) in [5, 5.41) is 12.8. The molecule has 1 aliphatic carbocycles. The van der Waals surface area contributed by atoms with Crippen LogP contribution in [0.2, 0.25) is 10.0 Å². The fourth-order valence-corrected chi connectivity index (χ4v) is 7.15. The summed E-state index contributed by atoms with van der Waals surface area (Å²) in [6.45, 7) is 10.1. The summed E-state index contributed by atoms with van der Waals surface area (Å²) in [6.07, 6.45) is 8.52. The lowest BCUT2D eigenvalue weighted by atomic mass is 9.67. The second kappa shape index (κ2) is 13.9. The van der Waals surface area contributed by atoms with Gasteiger partial charge >= 0.3 is 5.97 Å². The molecule has 0 saturated heterocycles. The van der Waals surface area contributed by atoms with Gasteiger partial charge in [-0.2, -0.15) is 0 Å². The van der Waals surface area contributed by atoms with E-state index in [1.807, 2.05) is 24.3 Å². The number of carbonyl (C=O) groups excluding carboxylic acids is 1. The van der Waals surface area contributed by atoms with Crippen molar-refractivity contribution in [1.82, 2.24) is 10.2 Å². The van der Waals surface area contributed by atoms with E-state index in [2.05, 4.69) is 50.0 Å². The van der Waals surface area contributed by atoms with Crippen LogP contribution < -0.4 is 5.32 Å². The van der Waals surface area contributed by atoms with Gasteiger partial charge in [0.1, 0.15) is 5.66 Å². The molecular weight excluding hydrogens is 569 g/mol. The zero-order chi connectivity index (χ0) is 30.5. The first kappa shape index (κ1) is 32.5. The molecule has 8 heteroatoms. The molecule has 1 atom stereocenters. The Morgan fingerprint density at radius 1 is 1.10 bits per heavy atom. The predicted molar refractivity (Wildman–Crippen MR) is 172 cm³/mol. The molecule has 2 N–H and O–H groups in total. The number of aliphatic carboxylic acids is 1. The predicted octanol–water partition coefficient (Wildman–Crippen LogP) is 8.56. The molecular formula is C34H45Cl2N3O3. The van der Waals surface area contributed by atoms with Crippen molar-refractivity contribution >= 4 is 40.8 Å². The van der Waals surface area contributed by atoms with Crippen molar-refractivity contribution in [3.63, 3.8) is 0 Å². The van der Waals surface area contributed by atoms with Crippen LogP contribution in [0.3, 0.4) is 0 Å². The number of rotatable bonds is 12. The highest BCUT2D eigenvalue weighted by Crippen LogP contribution is 2.50. The van der Waals surface area contributed by atoms with E-state index in [1.54, 1.807) is 6.07 Å². The summed E-state index contributed by atoms with van der Waals surface area (Å²) < 4.78 is 0. The van der Waals surface area contributed by atoms with E-state index in [1.165, 1.54) is 12.0 Å². The number of amides is 1. The number of carboxylic acid groups (broad SMARTS) is 1. The number of hydrogen-bond donors (Lipinski definition) is 2. The van der Waals surface area contributed by atoms with Crippen LogP contribution in [0.15, 0.2) is 47.5 Å². The minimum Gasteiger partial charge on any atom is -0.481 e. The number of carboxylic acids is 1. The van der Waals surface area contributed by atoms with Gasteiger partial charge in [-0.3, -0.25) is 19.5 Å². The number of benzene rings is 2. The lowest BCUT2D eigenvalue weighted by Gasteiger charge is -2.48. The number of aliphatic imine (C=N–C) groups is 1. The van der Waals surface area contributed by atoms with Crippen molar-refractivity contribution < 1.29 is 14.7 Å². The minimum absolute atomic E-state index is 0.101. The lowest BCUT2D eigenvalue weighted by Crippen LogP contribution is -2.49. The van der Waals surface area contributed by atoms with E-state index < -0.39 is 5.97 Å². The van der Waals surface area contributed by atoms with Crippen molar-refractivity contribution in [2.24, 2.45) is 16.3 Å². The second-order valence-corrected chi connectivity index (χ2v) is 13.5. The van der Waals surface area contributed by atoms with Crippen LogP contribution in [-0.2, 0) is 4.79 Å². The Balaban J connectivity index is 1.66. The number of unbranched alkanes of at least 4 members (excludes halogenated alkanes) is 1. The maximum atomic E-state index is 12.6. The first-order valence-corrected chi connectivity index (χ1v) is 16.2. The molecule has 1 unspecified atom stereocenters. The van der Waals surface area contributed by atoms with Gasteiger partial charge in [-0.25, -0.2) is 0 Å². The molecule has 2 aromatic carbocycles. The summed E-state index contributed by atoms with van der Waals surface area (Å²) in [4.78, 5) is 31.6. The summed E-state index contributed by atoms with van der Waals surface area (Å²) in [6, 6.07) is 13.7. The van der Waals surface area contributed by atoms with E-state index in [9.17, 15) is 9.59 Å². The zero-order valence-electron chi connectivity index (χ0n) is 25.4. The van der Waals surface area contributed by atoms with E-state index >= 15 is 0 Å². The van der Waals surface area contributed by atoms with Crippen molar-refractivity contribution in [2.75, 3.05) is 13.1 Å². The van der Waals surface area contributed by atoms with Gasteiger partial charge < -0.3 is 10.4 Å². The smallest absolute Gasteiger partial charge is 0.305 e. The molecule has 1 fully saturated rings. The van der Waals surface area contributed by atoms with E-state index in [0.717, 1.165) is 56.2 Å². The number of nitrogens with zero attached hydrogens (tertiary/aromatic N) is 2. The lowest BCUT2D eigenvalue weighted by molar-refractivity contribution is -0.136. The molecule has 0 aromatic heterocycles. The van der Waals surface area contributed by atoms with Gasteiger partial charge in [0.2, 0.25) is 0 Å². The first-order valence-electron chi connectivity index (χ1n) is 15.4. The highest BCUT2D eigenvalue weighted by Gasteiger charge is 2.49. The average molecular weight is 615 g/mol. The third-order valence-electron chi connectivity index (χ3n) is 9.59. The second-order valence-electron chi connectivity index (χ2n) is 12.6. The molecule has 42 heavy (non-hydrogen) atoms. The van der Waals surface area contributed by atoms with Gasteiger partial charge in [-0.15, -0.1) is 0 Å². The summed E-state index contributed by atoms with van der Waals surface area (Å²) in [5.41, 5.74) is 3.72. The van der Waals surface area contributed by atoms with Crippen LogP contribution in [0.25, 0.3) is 0 Å². The molecule has 1 spiro atoms. The van der Waals surface area contributed by atoms with Gasteiger partial charge in [-0.05, 0) is 84.9 Å². The fourth-order valence-electron chi connectivity index (χ4n) is 6.63. The van der Waals surface area contributed by atoms with Gasteiger partial charge in [0, 0.05) is 34.7 Å². The SMILES string of the molecule is CCCCC(c1ccc(C(=O)NCCC(=O)O)cc1)N1CC(c2cc(Cl)cc(Cl)c2)=NC12CCC(C(C)(C)CC)CC2. The van der Waals surface area contributed by atoms with Crippen LogP contribution >= 0.6 is 23.2 Å². The Morgan fingerprint density at radius 2 is 1.74 bits per heavy atom. The quantitative estimate of drug-likeness (QED) is 0.251. The number of hydrogen-bond acceptors (Lipinski definition) is 4. The van der Waals surface area contributed by atoms with Crippen molar-refractivity contribution in [3.8, 4) is 0 Å².